The molecule has 1 atom stereocenters. The quantitative estimate of drug-likeness (QED) is 0.849. The van der Waals surface area contributed by atoms with Gasteiger partial charge < -0.3 is 10.2 Å². The van der Waals surface area contributed by atoms with Crippen molar-refractivity contribution >= 4 is 5.82 Å². The van der Waals surface area contributed by atoms with E-state index in [0.717, 1.165) is 32.5 Å². The van der Waals surface area contributed by atoms with Gasteiger partial charge in [0.1, 0.15) is 12.1 Å². The Morgan fingerprint density at radius 1 is 1.41 bits per heavy atom. The first-order valence-electron chi connectivity index (χ1n) is 6.70. The average molecular weight is 232 g/mol. The molecule has 1 saturated heterocycles. The lowest BCUT2D eigenvalue weighted by atomic mass is 10.1. The third kappa shape index (κ3) is 1.90. The Hall–Kier alpha value is -1.16. The van der Waals surface area contributed by atoms with Crippen LogP contribution in [0.2, 0.25) is 0 Å². The maximum Gasteiger partial charge on any atom is 0.135 e. The van der Waals surface area contributed by atoms with Crippen molar-refractivity contribution in [3.05, 3.63) is 17.6 Å². The molecule has 0 bridgehead atoms. The minimum absolute atomic E-state index is 0.611. The summed E-state index contributed by atoms with van der Waals surface area (Å²) in [6.07, 6.45) is 6.49. The van der Waals surface area contributed by atoms with Crippen molar-refractivity contribution in [2.45, 2.75) is 38.6 Å². The molecular weight excluding hydrogens is 212 g/mol. The number of nitrogens with zero attached hydrogens (tertiary/aromatic N) is 3. The van der Waals surface area contributed by atoms with E-state index in [1.165, 1.54) is 29.9 Å². The minimum Gasteiger partial charge on any atom is -0.352 e. The van der Waals surface area contributed by atoms with E-state index in [0.29, 0.717) is 6.04 Å². The second kappa shape index (κ2) is 4.61. The van der Waals surface area contributed by atoms with Crippen LogP contribution in [0.3, 0.4) is 0 Å². The first kappa shape index (κ1) is 11.0. The van der Waals surface area contributed by atoms with E-state index in [2.05, 4.69) is 27.1 Å². The van der Waals surface area contributed by atoms with Crippen LogP contribution in [0.15, 0.2) is 6.33 Å². The molecule has 1 unspecified atom stereocenters. The van der Waals surface area contributed by atoms with Gasteiger partial charge in [0.2, 0.25) is 0 Å². The molecule has 1 aliphatic heterocycles. The van der Waals surface area contributed by atoms with Gasteiger partial charge >= 0.3 is 0 Å². The zero-order chi connectivity index (χ0) is 11.7. The zero-order valence-electron chi connectivity index (χ0n) is 10.4. The van der Waals surface area contributed by atoms with Crippen molar-refractivity contribution in [2.24, 2.45) is 0 Å². The predicted octanol–water partition coefficient (Wildman–Crippen LogP) is 1.15. The van der Waals surface area contributed by atoms with Crippen LogP contribution in [0.4, 0.5) is 5.82 Å². The summed E-state index contributed by atoms with van der Waals surface area (Å²) >= 11 is 0. The Kier molecular flexibility index (Phi) is 2.97. The molecule has 4 heteroatoms. The Balaban J connectivity index is 1.93. The largest absolute Gasteiger partial charge is 0.352 e. The second-order valence-corrected chi connectivity index (χ2v) is 4.91. The average Bonchev–Trinajstić information content (AvgIpc) is 3.00. The van der Waals surface area contributed by atoms with Crippen molar-refractivity contribution < 1.29 is 0 Å². The van der Waals surface area contributed by atoms with Gasteiger partial charge in [0.15, 0.2) is 0 Å². The highest BCUT2D eigenvalue weighted by molar-refractivity contribution is 5.51. The van der Waals surface area contributed by atoms with Crippen molar-refractivity contribution in [1.29, 1.82) is 0 Å². The van der Waals surface area contributed by atoms with E-state index in [4.69, 9.17) is 0 Å². The first-order valence-corrected chi connectivity index (χ1v) is 6.70. The van der Waals surface area contributed by atoms with Crippen LogP contribution in [-0.4, -0.2) is 35.6 Å². The fourth-order valence-corrected chi connectivity index (χ4v) is 3.08. The molecule has 1 aromatic heterocycles. The van der Waals surface area contributed by atoms with Crippen LogP contribution in [-0.2, 0) is 12.8 Å². The minimum atomic E-state index is 0.611. The topological polar surface area (TPSA) is 41.1 Å². The normalized spacial score (nSPS) is 22.8. The smallest absolute Gasteiger partial charge is 0.135 e. The molecule has 3 rings (SSSR count). The maximum absolute atomic E-state index is 4.55. The highest BCUT2D eigenvalue weighted by Gasteiger charge is 2.26. The number of aromatic nitrogens is 2. The molecule has 0 radical (unpaired) electrons. The van der Waals surface area contributed by atoms with Crippen molar-refractivity contribution in [3.8, 4) is 0 Å². The standard InChI is InChI=1S/C13H20N4/c1-2-17(10-6-7-14-8-10)13-11-4-3-5-12(11)15-9-16-13/h9-10,14H,2-8H2,1H3. The molecule has 0 amide bonds. The summed E-state index contributed by atoms with van der Waals surface area (Å²) in [4.78, 5) is 11.4. The molecule has 2 heterocycles. The fraction of sp³-hybridized carbons (Fsp3) is 0.692. The molecule has 92 valence electrons. The second-order valence-electron chi connectivity index (χ2n) is 4.91. The Bertz CT molecular complexity index is 398. The summed E-state index contributed by atoms with van der Waals surface area (Å²) in [5, 5.41) is 3.44. The van der Waals surface area contributed by atoms with E-state index < -0.39 is 0 Å². The van der Waals surface area contributed by atoms with E-state index in [1.54, 1.807) is 6.33 Å². The summed E-state index contributed by atoms with van der Waals surface area (Å²) in [6.45, 7) is 5.48. The molecule has 2 aliphatic rings. The Morgan fingerprint density at radius 2 is 2.35 bits per heavy atom. The summed E-state index contributed by atoms with van der Waals surface area (Å²) in [7, 11) is 0. The monoisotopic (exact) mass is 232 g/mol. The van der Waals surface area contributed by atoms with Gasteiger partial charge in [0, 0.05) is 30.4 Å². The van der Waals surface area contributed by atoms with Gasteiger partial charge in [-0.3, -0.25) is 0 Å². The van der Waals surface area contributed by atoms with Gasteiger partial charge in [-0.2, -0.15) is 0 Å². The number of likely N-dealkylation sites (N-methyl/N-ethyl adjacent to an activating group) is 1. The molecule has 1 fully saturated rings. The summed E-state index contributed by atoms with van der Waals surface area (Å²) in [6, 6.07) is 0.611. The number of nitrogens with one attached hydrogen (secondary N) is 1. The van der Waals surface area contributed by atoms with E-state index >= 15 is 0 Å². The van der Waals surface area contributed by atoms with Gasteiger partial charge in [-0.25, -0.2) is 9.97 Å². The number of hydrogen-bond donors (Lipinski definition) is 1. The van der Waals surface area contributed by atoms with Gasteiger partial charge in [-0.15, -0.1) is 0 Å². The van der Waals surface area contributed by atoms with Gasteiger partial charge in [-0.1, -0.05) is 0 Å². The number of aryl methyl sites for hydroxylation is 1. The third-order valence-corrected chi connectivity index (χ3v) is 3.94. The number of hydrogen-bond acceptors (Lipinski definition) is 4. The van der Waals surface area contributed by atoms with Crippen molar-refractivity contribution in [2.75, 3.05) is 24.5 Å². The van der Waals surface area contributed by atoms with Gasteiger partial charge in [0.25, 0.3) is 0 Å². The van der Waals surface area contributed by atoms with E-state index in [1.807, 2.05) is 0 Å². The molecule has 0 aromatic carbocycles. The highest BCUT2D eigenvalue weighted by atomic mass is 15.2. The van der Waals surface area contributed by atoms with E-state index in [9.17, 15) is 0 Å². The number of anilines is 1. The third-order valence-electron chi connectivity index (χ3n) is 3.94. The SMILES string of the molecule is CCN(c1ncnc2c1CCC2)C1CCNC1. The number of fused-ring (bicyclic) bond motifs is 1. The molecule has 1 aliphatic carbocycles. The van der Waals surface area contributed by atoms with Crippen molar-refractivity contribution in [1.82, 2.24) is 15.3 Å². The van der Waals surface area contributed by atoms with Gasteiger partial charge in [0.05, 0.1) is 0 Å². The summed E-state index contributed by atoms with van der Waals surface area (Å²) in [5.41, 5.74) is 2.68. The van der Waals surface area contributed by atoms with Crippen LogP contribution in [0, 0.1) is 0 Å². The Labute approximate surface area is 102 Å². The van der Waals surface area contributed by atoms with Crippen LogP contribution < -0.4 is 10.2 Å². The molecule has 1 N–H and O–H groups in total. The molecule has 0 saturated carbocycles. The maximum atomic E-state index is 4.55. The van der Waals surface area contributed by atoms with E-state index in [-0.39, 0.29) is 0 Å². The molecular formula is C13H20N4. The van der Waals surface area contributed by atoms with Crippen LogP contribution >= 0.6 is 0 Å². The fourth-order valence-electron chi connectivity index (χ4n) is 3.08. The predicted molar refractivity (Wildman–Crippen MR) is 68.4 cm³/mol. The van der Waals surface area contributed by atoms with Crippen LogP contribution in [0.25, 0.3) is 0 Å². The van der Waals surface area contributed by atoms with Crippen molar-refractivity contribution in [3.63, 3.8) is 0 Å². The van der Waals surface area contributed by atoms with Crippen LogP contribution in [0.5, 0.6) is 0 Å². The lowest BCUT2D eigenvalue weighted by Gasteiger charge is -2.29. The molecule has 0 spiro atoms. The summed E-state index contributed by atoms with van der Waals surface area (Å²) in [5.74, 6) is 1.20. The first-order chi connectivity index (χ1) is 8.40. The molecule has 4 nitrogen and oxygen atoms in total. The van der Waals surface area contributed by atoms with Gasteiger partial charge in [-0.05, 0) is 39.2 Å². The lowest BCUT2D eigenvalue weighted by Crippen LogP contribution is -2.38. The highest BCUT2D eigenvalue weighted by Crippen LogP contribution is 2.29. The molecule has 17 heavy (non-hydrogen) atoms. The Morgan fingerprint density at radius 3 is 3.12 bits per heavy atom. The molecule has 1 aromatic rings. The lowest BCUT2D eigenvalue weighted by molar-refractivity contribution is 0.636. The number of rotatable bonds is 3. The summed E-state index contributed by atoms with van der Waals surface area (Å²) < 4.78 is 0. The zero-order valence-corrected chi connectivity index (χ0v) is 10.4. The van der Waals surface area contributed by atoms with Crippen LogP contribution in [0.1, 0.15) is 31.0 Å².